The molecule has 8 nitrogen and oxygen atoms in total. The fourth-order valence-electron chi connectivity index (χ4n) is 4.17. The van der Waals surface area contributed by atoms with Crippen LogP contribution in [0, 0.1) is 0 Å². The quantitative estimate of drug-likeness (QED) is 0.635. The number of amides is 2. The fourth-order valence-corrected chi connectivity index (χ4v) is 5.46. The van der Waals surface area contributed by atoms with Crippen molar-refractivity contribution in [3.63, 3.8) is 0 Å². The molecular formula is C22H24N2O6S. The van der Waals surface area contributed by atoms with Gasteiger partial charge in [-0.3, -0.25) is 18.6 Å². The Morgan fingerprint density at radius 2 is 2.00 bits per heavy atom. The number of carbonyl (C=O) groups excluding carboxylic acids is 3. The second-order valence-corrected chi connectivity index (χ2v) is 9.32. The Balaban J connectivity index is 1.49. The maximum Gasteiger partial charge on any atom is 0.287 e. The monoisotopic (exact) mass is 444 g/mol. The molecule has 1 aromatic heterocycles. The number of hydrogen-bond donors (Lipinski definition) is 2. The topological polar surface area (TPSA) is 115 Å². The summed E-state index contributed by atoms with van der Waals surface area (Å²) in [5.74, 6) is -1.10. The largest absolute Gasteiger partial charge is 0.459 e. The minimum Gasteiger partial charge on any atom is -0.459 e. The zero-order valence-electron chi connectivity index (χ0n) is 16.9. The van der Waals surface area contributed by atoms with E-state index in [0.717, 1.165) is 12.0 Å². The number of furan rings is 1. The molecule has 4 unspecified atom stereocenters. The Morgan fingerprint density at radius 1 is 1.19 bits per heavy atom. The van der Waals surface area contributed by atoms with Gasteiger partial charge >= 0.3 is 0 Å². The van der Waals surface area contributed by atoms with Crippen molar-refractivity contribution in [1.82, 2.24) is 10.6 Å². The van der Waals surface area contributed by atoms with Crippen LogP contribution in [0.4, 0.5) is 0 Å². The van der Waals surface area contributed by atoms with E-state index in [-0.39, 0.29) is 35.8 Å². The number of carbonyl (C=O) groups is 3. The molecule has 2 aromatic rings. The number of Topliss-reactive ketones (excluding diaryl/α,β-unsaturated/α-hetero) is 1. The molecule has 164 valence electrons. The smallest absolute Gasteiger partial charge is 0.287 e. The minimum atomic E-state index is -1.43. The molecule has 4 atom stereocenters. The van der Waals surface area contributed by atoms with Gasteiger partial charge in [0, 0.05) is 16.6 Å². The zero-order chi connectivity index (χ0) is 21.8. The van der Waals surface area contributed by atoms with Crippen molar-refractivity contribution in [2.45, 2.75) is 42.7 Å². The van der Waals surface area contributed by atoms with Gasteiger partial charge in [-0.05, 0) is 37.0 Å². The SMILES string of the molecule is O=C(NC(CS(=O)Cc1ccccc1)C(=O)NC12CCCC1OCC2=O)c1ccco1. The Morgan fingerprint density at radius 3 is 2.74 bits per heavy atom. The fraction of sp³-hybridized carbons (Fsp3) is 0.409. The summed E-state index contributed by atoms with van der Waals surface area (Å²) in [6, 6.07) is 11.2. The molecule has 2 aliphatic rings. The van der Waals surface area contributed by atoms with E-state index < -0.39 is 34.2 Å². The van der Waals surface area contributed by atoms with Gasteiger partial charge in [0.05, 0.1) is 18.1 Å². The van der Waals surface area contributed by atoms with Crippen LogP contribution in [-0.2, 0) is 30.9 Å². The molecular weight excluding hydrogens is 420 g/mol. The first-order valence-electron chi connectivity index (χ1n) is 10.2. The van der Waals surface area contributed by atoms with E-state index in [1.807, 2.05) is 30.3 Å². The molecule has 2 fully saturated rings. The van der Waals surface area contributed by atoms with Crippen LogP contribution in [-0.4, -0.2) is 51.9 Å². The third kappa shape index (κ3) is 4.62. The summed E-state index contributed by atoms with van der Waals surface area (Å²) in [6.07, 6.45) is 2.94. The van der Waals surface area contributed by atoms with Crippen LogP contribution in [0.15, 0.2) is 53.1 Å². The van der Waals surface area contributed by atoms with Crippen molar-refractivity contribution in [1.29, 1.82) is 0 Å². The second kappa shape index (κ2) is 9.15. The molecule has 1 aliphatic heterocycles. The van der Waals surface area contributed by atoms with Crippen molar-refractivity contribution >= 4 is 28.4 Å². The summed E-state index contributed by atoms with van der Waals surface area (Å²) < 4.78 is 23.4. The van der Waals surface area contributed by atoms with Crippen molar-refractivity contribution in [2.24, 2.45) is 0 Å². The molecule has 31 heavy (non-hydrogen) atoms. The van der Waals surface area contributed by atoms with Crippen molar-refractivity contribution in [3.8, 4) is 0 Å². The van der Waals surface area contributed by atoms with Crippen molar-refractivity contribution < 1.29 is 27.7 Å². The highest BCUT2D eigenvalue weighted by molar-refractivity contribution is 7.84. The maximum atomic E-state index is 13.2. The zero-order valence-corrected chi connectivity index (χ0v) is 17.7. The van der Waals surface area contributed by atoms with Gasteiger partial charge in [-0.15, -0.1) is 0 Å². The molecule has 2 N–H and O–H groups in total. The van der Waals surface area contributed by atoms with E-state index in [4.69, 9.17) is 9.15 Å². The number of benzene rings is 1. The molecule has 4 rings (SSSR count). The van der Waals surface area contributed by atoms with Gasteiger partial charge in [-0.2, -0.15) is 0 Å². The summed E-state index contributed by atoms with van der Waals surface area (Å²) in [5.41, 5.74) is -0.197. The van der Waals surface area contributed by atoms with Gasteiger partial charge in [-0.25, -0.2) is 0 Å². The van der Waals surface area contributed by atoms with Crippen molar-refractivity contribution in [2.75, 3.05) is 12.4 Å². The number of hydrogen-bond acceptors (Lipinski definition) is 6. The first-order valence-corrected chi connectivity index (χ1v) is 11.7. The summed E-state index contributed by atoms with van der Waals surface area (Å²) in [7, 11) is -1.43. The van der Waals surface area contributed by atoms with Gasteiger partial charge in [-0.1, -0.05) is 30.3 Å². The van der Waals surface area contributed by atoms with E-state index in [2.05, 4.69) is 10.6 Å². The lowest BCUT2D eigenvalue weighted by Gasteiger charge is -2.29. The summed E-state index contributed by atoms with van der Waals surface area (Å²) in [6.45, 7) is -0.0334. The highest BCUT2D eigenvalue weighted by atomic mass is 32.2. The van der Waals surface area contributed by atoms with Crippen LogP contribution in [0.2, 0.25) is 0 Å². The van der Waals surface area contributed by atoms with Gasteiger partial charge < -0.3 is 19.8 Å². The number of fused-ring (bicyclic) bond motifs is 1. The number of nitrogens with one attached hydrogen (secondary N) is 2. The average molecular weight is 445 g/mol. The van der Waals surface area contributed by atoms with E-state index in [1.54, 1.807) is 6.07 Å². The lowest BCUT2D eigenvalue weighted by Crippen LogP contribution is -2.61. The van der Waals surface area contributed by atoms with Crippen LogP contribution in [0.1, 0.15) is 35.4 Å². The van der Waals surface area contributed by atoms with Gasteiger partial charge in [0.25, 0.3) is 5.91 Å². The van der Waals surface area contributed by atoms with Crippen LogP contribution in [0.5, 0.6) is 0 Å². The first kappa shape index (κ1) is 21.5. The summed E-state index contributed by atoms with van der Waals surface area (Å²) in [4.78, 5) is 38.2. The maximum absolute atomic E-state index is 13.2. The lowest BCUT2D eigenvalue weighted by atomic mass is 9.92. The Hall–Kier alpha value is -2.78. The molecule has 0 bridgehead atoms. The van der Waals surface area contributed by atoms with Crippen LogP contribution in [0.3, 0.4) is 0 Å². The predicted molar refractivity (Wildman–Crippen MR) is 113 cm³/mol. The van der Waals surface area contributed by atoms with Gasteiger partial charge in [0.15, 0.2) is 11.5 Å². The highest BCUT2D eigenvalue weighted by Crippen LogP contribution is 2.37. The molecule has 1 saturated carbocycles. The molecule has 1 aromatic carbocycles. The Bertz CT molecular complexity index is 977. The summed E-state index contributed by atoms with van der Waals surface area (Å²) >= 11 is 0. The lowest BCUT2D eigenvalue weighted by molar-refractivity contribution is -0.130. The third-order valence-electron chi connectivity index (χ3n) is 5.74. The second-order valence-electron chi connectivity index (χ2n) is 7.82. The molecule has 1 aliphatic carbocycles. The first-order chi connectivity index (χ1) is 15.0. The normalized spacial score (nSPS) is 24.4. The van der Waals surface area contributed by atoms with Crippen molar-refractivity contribution in [3.05, 3.63) is 60.1 Å². The van der Waals surface area contributed by atoms with E-state index in [0.29, 0.717) is 12.8 Å². The summed E-state index contributed by atoms with van der Waals surface area (Å²) in [5, 5.41) is 5.44. The minimum absolute atomic E-state index is 0.0334. The predicted octanol–water partition coefficient (Wildman–Crippen LogP) is 1.33. The molecule has 2 heterocycles. The Kier molecular flexibility index (Phi) is 6.33. The molecule has 9 heteroatoms. The molecule has 1 saturated heterocycles. The third-order valence-corrected chi connectivity index (χ3v) is 7.10. The molecule has 0 spiro atoms. The van der Waals surface area contributed by atoms with Gasteiger partial charge in [0.2, 0.25) is 5.91 Å². The molecule has 2 amide bonds. The standard InChI is InChI=1S/C22H24N2O6S/c25-18-12-30-19-9-4-10-22(18,19)24-20(26)16(23-21(27)17-8-5-11-29-17)14-31(28)13-15-6-2-1-3-7-15/h1-3,5-8,11,16,19H,4,9-10,12-14H2,(H,23,27)(H,24,26). The Labute approximate surface area is 182 Å². The van der Waals surface area contributed by atoms with Gasteiger partial charge in [0.1, 0.15) is 18.2 Å². The van der Waals surface area contributed by atoms with E-state index in [1.165, 1.54) is 12.3 Å². The average Bonchev–Trinajstić information content (AvgIpc) is 3.48. The van der Waals surface area contributed by atoms with Crippen LogP contribution >= 0.6 is 0 Å². The molecule has 0 radical (unpaired) electrons. The van der Waals surface area contributed by atoms with Crippen LogP contribution in [0.25, 0.3) is 0 Å². The number of ketones is 1. The van der Waals surface area contributed by atoms with E-state index in [9.17, 15) is 18.6 Å². The number of ether oxygens (including phenoxy) is 1. The number of rotatable bonds is 8. The highest BCUT2D eigenvalue weighted by Gasteiger charge is 2.55. The van der Waals surface area contributed by atoms with Crippen LogP contribution < -0.4 is 10.6 Å². The van der Waals surface area contributed by atoms with E-state index >= 15 is 0 Å².